The SMILES string of the molecule is CN(CCF)Cc1ccccc1. The molecule has 12 heavy (non-hydrogen) atoms. The smallest absolute Gasteiger partial charge is 0.102 e. The van der Waals surface area contributed by atoms with Crippen LogP contribution in [0.25, 0.3) is 0 Å². The van der Waals surface area contributed by atoms with Gasteiger partial charge in [0.05, 0.1) is 0 Å². The minimum atomic E-state index is -0.274. The first-order valence-electron chi connectivity index (χ1n) is 4.11. The first kappa shape index (κ1) is 9.20. The minimum Gasteiger partial charge on any atom is -0.300 e. The third kappa shape index (κ3) is 3.01. The zero-order valence-electron chi connectivity index (χ0n) is 7.33. The zero-order valence-corrected chi connectivity index (χ0v) is 7.33. The Morgan fingerprint density at radius 3 is 2.50 bits per heavy atom. The Morgan fingerprint density at radius 1 is 1.25 bits per heavy atom. The molecule has 0 fully saturated rings. The van der Waals surface area contributed by atoms with Crippen molar-refractivity contribution in [2.75, 3.05) is 20.3 Å². The molecule has 1 aromatic carbocycles. The van der Waals surface area contributed by atoms with Crippen molar-refractivity contribution in [3.63, 3.8) is 0 Å². The van der Waals surface area contributed by atoms with Crippen LogP contribution >= 0.6 is 0 Å². The molecule has 1 aromatic rings. The molecule has 0 heterocycles. The van der Waals surface area contributed by atoms with Crippen molar-refractivity contribution in [3.8, 4) is 0 Å². The van der Waals surface area contributed by atoms with Crippen molar-refractivity contribution in [3.05, 3.63) is 35.9 Å². The van der Waals surface area contributed by atoms with E-state index >= 15 is 0 Å². The van der Waals surface area contributed by atoms with E-state index in [1.165, 1.54) is 5.56 Å². The standard InChI is InChI=1S/C10H14FN/c1-12(8-7-11)9-10-5-3-2-4-6-10/h2-6H,7-9H2,1H3. The van der Waals surface area contributed by atoms with Crippen LogP contribution in [0.4, 0.5) is 4.39 Å². The molecule has 0 aromatic heterocycles. The van der Waals surface area contributed by atoms with E-state index in [1.807, 2.05) is 30.1 Å². The molecule has 0 aliphatic heterocycles. The molecule has 0 unspecified atom stereocenters. The van der Waals surface area contributed by atoms with E-state index in [4.69, 9.17) is 0 Å². The molecule has 0 spiro atoms. The van der Waals surface area contributed by atoms with E-state index < -0.39 is 0 Å². The fourth-order valence-electron chi connectivity index (χ4n) is 1.12. The van der Waals surface area contributed by atoms with Gasteiger partial charge in [0.2, 0.25) is 0 Å². The van der Waals surface area contributed by atoms with Gasteiger partial charge in [-0.05, 0) is 12.6 Å². The Hall–Kier alpha value is -0.890. The topological polar surface area (TPSA) is 3.24 Å². The van der Waals surface area contributed by atoms with Crippen LogP contribution in [-0.2, 0) is 6.54 Å². The highest BCUT2D eigenvalue weighted by Crippen LogP contribution is 2.01. The Kier molecular flexibility index (Phi) is 3.74. The van der Waals surface area contributed by atoms with Crippen molar-refractivity contribution in [2.45, 2.75) is 6.54 Å². The molecule has 1 nitrogen and oxygen atoms in total. The van der Waals surface area contributed by atoms with Gasteiger partial charge in [0.1, 0.15) is 6.67 Å². The molecule has 0 amide bonds. The Balaban J connectivity index is 2.41. The normalized spacial score (nSPS) is 10.6. The first-order chi connectivity index (χ1) is 5.83. The molecule has 0 radical (unpaired) electrons. The van der Waals surface area contributed by atoms with Crippen LogP contribution in [0.1, 0.15) is 5.56 Å². The van der Waals surface area contributed by atoms with E-state index in [9.17, 15) is 4.39 Å². The predicted molar refractivity (Wildman–Crippen MR) is 48.8 cm³/mol. The highest BCUT2D eigenvalue weighted by Gasteiger charge is 1.97. The largest absolute Gasteiger partial charge is 0.300 e. The summed E-state index contributed by atoms with van der Waals surface area (Å²) in [4.78, 5) is 1.97. The highest BCUT2D eigenvalue weighted by atomic mass is 19.1. The summed E-state index contributed by atoms with van der Waals surface area (Å²) in [7, 11) is 1.92. The van der Waals surface area contributed by atoms with Gasteiger partial charge in [-0.25, -0.2) is 4.39 Å². The average Bonchev–Trinajstić information content (AvgIpc) is 2.06. The molecule has 0 bridgehead atoms. The molecule has 0 N–H and O–H groups in total. The van der Waals surface area contributed by atoms with Crippen molar-refractivity contribution < 1.29 is 4.39 Å². The number of benzene rings is 1. The second-order valence-electron chi connectivity index (χ2n) is 2.91. The fraction of sp³-hybridized carbons (Fsp3) is 0.400. The summed E-state index contributed by atoms with van der Waals surface area (Å²) in [5, 5.41) is 0. The first-order valence-corrected chi connectivity index (χ1v) is 4.11. The van der Waals surface area contributed by atoms with Crippen molar-refractivity contribution in [1.29, 1.82) is 0 Å². The summed E-state index contributed by atoms with van der Waals surface area (Å²) in [5.74, 6) is 0. The maximum absolute atomic E-state index is 11.9. The Bertz CT molecular complexity index is 210. The van der Waals surface area contributed by atoms with Crippen molar-refractivity contribution in [2.24, 2.45) is 0 Å². The van der Waals surface area contributed by atoms with Crippen LogP contribution in [0.5, 0.6) is 0 Å². The van der Waals surface area contributed by atoms with Gasteiger partial charge in [0, 0.05) is 13.1 Å². The maximum atomic E-state index is 11.9. The summed E-state index contributed by atoms with van der Waals surface area (Å²) in [6.07, 6.45) is 0. The molecular formula is C10H14FN. The number of nitrogens with zero attached hydrogens (tertiary/aromatic N) is 1. The molecule has 0 aliphatic rings. The van der Waals surface area contributed by atoms with Gasteiger partial charge in [-0.2, -0.15) is 0 Å². The van der Waals surface area contributed by atoms with Gasteiger partial charge in [-0.15, -0.1) is 0 Å². The second-order valence-corrected chi connectivity index (χ2v) is 2.91. The number of hydrogen-bond donors (Lipinski definition) is 0. The number of rotatable bonds is 4. The molecule has 66 valence electrons. The van der Waals surface area contributed by atoms with Crippen LogP contribution in [-0.4, -0.2) is 25.2 Å². The third-order valence-corrected chi connectivity index (χ3v) is 1.76. The molecule has 1 rings (SSSR count). The van der Waals surface area contributed by atoms with Crippen molar-refractivity contribution >= 4 is 0 Å². The van der Waals surface area contributed by atoms with Crippen LogP contribution in [0.2, 0.25) is 0 Å². The highest BCUT2D eigenvalue weighted by molar-refractivity contribution is 5.14. The van der Waals surface area contributed by atoms with Gasteiger partial charge in [0.25, 0.3) is 0 Å². The summed E-state index contributed by atoms with van der Waals surface area (Å²) in [6.45, 7) is 1.06. The maximum Gasteiger partial charge on any atom is 0.102 e. The zero-order chi connectivity index (χ0) is 8.81. The second kappa shape index (κ2) is 4.88. The molecular weight excluding hydrogens is 153 g/mol. The summed E-state index contributed by atoms with van der Waals surface area (Å²) < 4.78 is 11.9. The Morgan fingerprint density at radius 2 is 1.92 bits per heavy atom. The van der Waals surface area contributed by atoms with Crippen molar-refractivity contribution in [1.82, 2.24) is 4.90 Å². The van der Waals surface area contributed by atoms with E-state index in [-0.39, 0.29) is 6.67 Å². The van der Waals surface area contributed by atoms with Crippen LogP contribution in [0.3, 0.4) is 0 Å². The van der Waals surface area contributed by atoms with Gasteiger partial charge < -0.3 is 0 Å². The van der Waals surface area contributed by atoms with Crippen LogP contribution in [0.15, 0.2) is 30.3 Å². The number of hydrogen-bond acceptors (Lipinski definition) is 1. The van der Waals surface area contributed by atoms with Crippen LogP contribution < -0.4 is 0 Å². The average molecular weight is 167 g/mol. The van der Waals surface area contributed by atoms with Gasteiger partial charge >= 0.3 is 0 Å². The van der Waals surface area contributed by atoms with E-state index in [0.29, 0.717) is 6.54 Å². The predicted octanol–water partition coefficient (Wildman–Crippen LogP) is 2.09. The molecule has 0 saturated carbocycles. The van der Waals surface area contributed by atoms with E-state index in [2.05, 4.69) is 12.1 Å². The number of alkyl halides is 1. The summed E-state index contributed by atoms with van der Waals surface area (Å²) >= 11 is 0. The third-order valence-electron chi connectivity index (χ3n) is 1.76. The molecule has 0 saturated heterocycles. The van der Waals surface area contributed by atoms with Gasteiger partial charge in [0.15, 0.2) is 0 Å². The van der Waals surface area contributed by atoms with E-state index in [0.717, 1.165) is 6.54 Å². The lowest BCUT2D eigenvalue weighted by Gasteiger charge is -2.13. The lowest BCUT2D eigenvalue weighted by atomic mass is 10.2. The summed E-state index contributed by atoms with van der Waals surface area (Å²) in [5.41, 5.74) is 1.23. The monoisotopic (exact) mass is 167 g/mol. The minimum absolute atomic E-state index is 0.274. The lowest BCUT2D eigenvalue weighted by Crippen LogP contribution is -2.20. The van der Waals surface area contributed by atoms with Crippen LogP contribution in [0, 0.1) is 0 Å². The molecule has 2 heteroatoms. The fourth-order valence-corrected chi connectivity index (χ4v) is 1.12. The quantitative estimate of drug-likeness (QED) is 0.663. The summed E-state index contributed by atoms with van der Waals surface area (Å²) in [6, 6.07) is 10.1. The van der Waals surface area contributed by atoms with Gasteiger partial charge in [-0.3, -0.25) is 4.90 Å². The molecule has 0 aliphatic carbocycles. The Labute approximate surface area is 72.8 Å². The van der Waals surface area contributed by atoms with E-state index in [1.54, 1.807) is 0 Å². The molecule has 0 atom stereocenters. The lowest BCUT2D eigenvalue weighted by molar-refractivity contribution is 0.289. The number of halogens is 1. The van der Waals surface area contributed by atoms with Gasteiger partial charge in [-0.1, -0.05) is 30.3 Å².